The lowest BCUT2D eigenvalue weighted by molar-refractivity contribution is -0.122. The van der Waals surface area contributed by atoms with Gasteiger partial charge in [-0.05, 0) is 37.5 Å². The SMILES string of the molecule is CC(NC(=O)Cn1nc2n(c1=O)CCCCC2)c1cccc(Cl)c1. The summed E-state index contributed by atoms with van der Waals surface area (Å²) in [6.45, 7) is 2.51. The van der Waals surface area contributed by atoms with Crippen molar-refractivity contribution in [1.82, 2.24) is 19.7 Å². The minimum atomic E-state index is -0.238. The standard InChI is InChI=1S/C17H21ClN4O2/c1-12(13-6-5-7-14(18)10-13)19-16(23)11-22-17(24)21-9-4-2-3-8-15(21)20-22/h5-7,10,12H,2-4,8-9,11H2,1H3,(H,19,23). The summed E-state index contributed by atoms with van der Waals surface area (Å²) in [6, 6.07) is 7.17. The second-order valence-electron chi connectivity index (χ2n) is 6.16. The van der Waals surface area contributed by atoms with Gasteiger partial charge in [0.05, 0.1) is 6.04 Å². The van der Waals surface area contributed by atoms with Gasteiger partial charge in [-0.1, -0.05) is 30.2 Å². The summed E-state index contributed by atoms with van der Waals surface area (Å²) >= 11 is 5.98. The van der Waals surface area contributed by atoms with Crippen molar-refractivity contribution in [1.29, 1.82) is 0 Å². The van der Waals surface area contributed by atoms with Gasteiger partial charge in [-0.3, -0.25) is 9.36 Å². The number of carbonyl (C=O) groups excluding carboxylic acids is 1. The maximum atomic E-state index is 12.4. The van der Waals surface area contributed by atoms with E-state index in [1.807, 2.05) is 25.1 Å². The minimum absolute atomic E-state index is 0.0657. The first-order valence-corrected chi connectivity index (χ1v) is 8.64. The number of benzene rings is 1. The fourth-order valence-electron chi connectivity index (χ4n) is 3.01. The predicted octanol–water partition coefficient (Wildman–Crippen LogP) is 2.30. The van der Waals surface area contributed by atoms with Crippen LogP contribution < -0.4 is 11.0 Å². The number of fused-ring (bicyclic) bond motifs is 1. The molecule has 1 aliphatic rings. The molecule has 0 spiro atoms. The lowest BCUT2D eigenvalue weighted by atomic mass is 10.1. The number of amides is 1. The molecule has 0 saturated carbocycles. The number of nitrogens with zero attached hydrogens (tertiary/aromatic N) is 3. The predicted molar refractivity (Wildman–Crippen MR) is 92.1 cm³/mol. The molecule has 1 unspecified atom stereocenters. The van der Waals surface area contributed by atoms with Crippen molar-refractivity contribution in [2.45, 2.75) is 51.7 Å². The first-order valence-electron chi connectivity index (χ1n) is 8.26. The number of halogens is 1. The van der Waals surface area contributed by atoms with E-state index in [4.69, 9.17) is 11.6 Å². The number of nitrogens with one attached hydrogen (secondary N) is 1. The largest absolute Gasteiger partial charge is 0.348 e. The van der Waals surface area contributed by atoms with E-state index in [0.717, 1.165) is 37.1 Å². The number of rotatable bonds is 4. The summed E-state index contributed by atoms with van der Waals surface area (Å²) in [5, 5.41) is 7.84. The fraction of sp³-hybridized carbons (Fsp3) is 0.471. The van der Waals surface area contributed by atoms with Crippen molar-refractivity contribution in [3.63, 3.8) is 0 Å². The van der Waals surface area contributed by atoms with Gasteiger partial charge in [-0.25, -0.2) is 9.48 Å². The van der Waals surface area contributed by atoms with Crippen LogP contribution in [0.3, 0.4) is 0 Å². The Kier molecular flexibility index (Phi) is 5.04. The lowest BCUT2D eigenvalue weighted by Gasteiger charge is -2.14. The van der Waals surface area contributed by atoms with Gasteiger partial charge in [0, 0.05) is 18.0 Å². The molecular weight excluding hydrogens is 328 g/mol. The summed E-state index contributed by atoms with van der Waals surface area (Å²) in [7, 11) is 0. The third-order valence-electron chi connectivity index (χ3n) is 4.30. The van der Waals surface area contributed by atoms with Crippen LogP contribution in [0.5, 0.6) is 0 Å². The Morgan fingerprint density at radius 1 is 1.38 bits per heavy atom. The van der Waals surface area contributed by atoms with E-state index in [9.17, 15) is 9.59 Å². The van der Waals surface area contributed by atoms with Crippen molar-refractivity contribution in [2.24, 2.45) is 0 Å². The number of carbonyl (C=O) groups is 1. The van der Waals surface area contributed by atoms with Gasteiger partial charge in [-0.15, -0.1) is 0 Å². The average Bonchev–Trinajstić information content (AvgIpc) is 2.73. The molecule has 1 aromatic heterocycles. The van der Waals surface area contributed by atoms with Crippen LogP contribution in [0.25, 0.3) is 0 Å². The number of aryl methyl sites for hydroxylation is 1. The van der Waals surface area contributed by atoms with Gasteiger partial charge in [0.25, 0.3) is 0 Å². The number of aromatic nitrogens is 3. The van der Waals surface area contributed by atoms with Gasteiger partial charge in [0.1, 0.15) is 12.4 Å². The molecule has 24 heavy (non-hydrogen) atoms. The molecule has 6 nitrogen and oxygen atoms in total. The molecule has 0 bridgehead atoms. The van der Waals surface area contributed by atoms with E-state index < -0.39 is 0 Å². The van der Waals surface area contributed by atoms with E-state index in [0.29, 0.717) is 11.6 Å². The summed E-state index contributed by atoms with van der Waals surface area (Å²) in [6.07, 6.45) is 3.92. The van der Waals surface area contributed by atoms with E-state index in [1.54, 1.807) is 10.6 Å². The first kappa shape index (κ1) is 16.8. The van der Waals surface area contributed by atoms with Crippen molar-refractivity contribution in [3.05, 3.63) is 51.2 Å². The molecule has 1 aliphatic heterocycles. The Morgan fingerprint density at radius 3 is 3.00 bits per heavy atom. The molecule has 2 aromatic rings. The van der Waals surface area contributed by atoms with Gasteiger partial charge in [0.2, 0.25) is 5.91 Å². The Morgan fingerprint density at radius 2 is 2.21 bits per heavy atom. The number of hydrogen-bond donors (Lipinski definition) is 1. The molecule has 128 valence electrons. The molecule has 0 fully saturated rings. The maximum absolute atomic E-state index is 12.4. The van der Waals surface area contributed by atoms with Crippen LogP contribution in [0.2, 0.25) is 5.02 Å². The van der Waals surface area contributed by atoms with Crippen LogP contribution in [-0.2, 0) is 24.3 Å². The van der Waals surface area contributed by atoms with Gasteiger partial charge >= 0.3 is 5.69 Å². The summed E-state index contributed by atoms with van der Waals surface area (Å²) in [5.74, 6) is 0.547. The number of hydrogen-bond acceptors (Lipinski definition) is 3. The Bertz CT molecular complexity index is 796. The smallest absolute Gasteiger partial charge is 0.346 e. The highest BCUT2D eigenvalue weighted by Crippen LogP contribution is 2.17. The second kappa shape index (κ2) is 7.21. The monoisotopic (exact) mass is 348 g/mol. The van der Waals surface area contributed by atoms with E-state index in [1.165, 1.54) is 4.68 Å². The molecule has 7 heteroatoms. The average molecular weight is 349 g/mol. The highest BCUT2D eigenvalue weighted by Gasteiger charge is 2.18. The quantitative estimate of drug-likeness (QED) is 0.921. The fourth-order valence-corrected chi connectivity index (χ4v) is 3.21. The van der Waals surface area contributed by atoms with Crippen molar-refractivity contribution in [2.75, 3.05) is 0 Å². The third kappa shape index (κ3) is 3.70. The van der Waals surface area contributed by atoms with E-state index >= 15 is 0 Å². The van der Waals surface area contributed by atoms with E-state index in [2.05, 4.69) is 10.4 Å². The van der Waals surface area contributed by atoms with Crippen LogP contribution in [0.1, 0.15) is 43.6 Å². The highest BCUT2D eigenvalue weighted by molar-refractivity contribution is 6.30. The molecule has 1 amide bonds. The molecule has 3 rings (SSSR count). The molecule has 1 N–H and O–H groups in total. The van der Waals surface area contributed by atoms with Crippen LogP contribution >= 0.6 is 11.6 Å². The topological polar surface area (TPSA) is 68.9 Å². The highest BCUT2D eigenvalue weighted by atomic mass is 35.5. The van der Waals surface area contributed by atoms with Gasteiger partial charge in [0.15, 0.2) is 0 Å². The zero-order chi connectivity index (χ0) is 17.1. The van der Waals surface area contributed by atoms with Crippen molar-refractivity contribution in [3.8, 4) is 0 Å². The van der Waals surface area contributed by atoms with Crippen LogP contribution in [0.4, 0.5) is 0 Å². The summed E-state index contributed by atoms with van der Waals surface area (Å²) < 4.78 is 2.96. The second-order valence-corrected chi connectivity index (χ2v) is 6.60. The lowest BCUT2D eigenvalue weighted by Crippen LogP contribution is -2.35. The molecule has 1 atom stereocenters. The summed E-state index contributed by atoms with van der Waals surface area (Å²) in [4.78, 5) is 24.6. The first-order chi connectivity index (χ1) is 11.5. The molecule has 1 aromatic carbocycles. The molecule has 0 radical (unpaired) electrons. The Balaban J connectivity index is 1.68. The van der Waals surface area contributed by atoms with Crippen molar-refractivity contribution < 1.29 is 4.79 Å². The minimum Gasteiger partial charge on any atom is -0.348 e. The summed E-state index contributed by atoms with van der Waals surface area (Å²) in [5.41, 5.74) is 0.723. The van der Waals surface area contributed by atoms with Crippen LogP contribution in [-0.4, -0.2) is 20.3 Å². The van der Waals surface area contributed by atoms with Crippen LogP contribution in [0.15, 0.2) is 29.1 Å². The maximum Gasteiger partial charge on any atom is 0.346 e. The van der Waals surface area contributed by atoms with Crippen molar-refractivity contribution >= 4 is 17.5 Å². The zero-order valence-corrected chi connectivity index (χ0v) is 14.4. The van der Waals surface area contributed by atoms with Gasteiger partial charge in [-0.2, -0.15) is 5.10 Å². The Hall–Kier alpha value is -2.08. The van der Waals surface area contributed by atoms with Crippen LogP contribution in [0, 0.1) is 0 Å². The third-order valence-corrected chi connectivity index (χ3v) is 4.54. The normalized spacial score (nSPS) is 15.4. The molecule has 0 aliphatic carbocycles. The zero-order valence-electron chi connectivity index (χ0n) is 13.7. The molecular formula is C17H21ClN4O2. The van der Waals surface area contributed by atoms with E-state index in [-0.39, 0.29) is 24.2 Å². The Labute approximate surface area is 145 Å². The molecule has 0 saturated heterocycles. The molecule has 2 heterocycles. The van der Waals surface area contributed by atoms with Gasteiger partial charge < -0.3 is 5.32 Å².